The summed E-state index contributed by atoms with van der Waals surface area (Å²) in [6.07, 6.45) is 3.39. The molecular weight excluding hydrogens is 432 g/mol. The molecule has 0 bridgehead atoms. The van der Waals surface area contributed by atoms with Gasteiger partial charge in [-0.15, -0.1) is 6.58 Å². The number of amides is 2. The number of carboxylic acids is 1. The van der Waals surface area contributed by atoms with Gasteiger partial charge in [-0.3, -0.25) is 19.8 Å². The molecule has 8 nitrogen and oxygen atoms in total. The Morgan fingerprint density at radius 3 is 2.59 bits per heavy atom. The molecule has 2 aromatic carbocycles. The van der Waals surface area contributed by atoms with E-state index in [9.17, 15) is 14.4 Å². The lowest BCUT2D eigenvalue weighted by Gasteiger charge is -2.28. The fourth-order valence-corrected chi connectivity index (χ4v) is 3.44. The monoisotopic (exact) mass is 452 g/mol. The average molecular weight is 452 g/mol. The van der Waals surface area contributed by atoms with Crippen LogP contribution in [0.25, 0.3) is 6.08 Å². The quantitative estimate of drug-likeness (QED) is 0.275. The van der Waals surface area contributed by atoms with E-state index in [0.717, 1.165) is 0 Å². The Bertz CT molecular complexity index is 1130. The summed E-state index contributed by atoms with van der Waals surface area (Å²) in [5.41, 5.74) is 1.48. The van der Waals surface area contributed by atoms with Crippen molar-refractivity contribution >= 4 is 46.9 Å². The van der Waals surface area contributed by atoms with Crippen molar-refractivity contribution in [3.8, 4) is 11.5 Å². The van der Waals surface area contributed by atoms with Crippen LogP contribution in [0.1, 0.15) is 11.1 Å². The minimum atomic E-state index is -1.13. The minimum absolute atomic E-state index is 0.00862. The number of anilines is 1. The number of thiocarbonyl (C=S) groups is 1. The Morgan fingerprint density at radius 2 is 1.97 bits per heavy atom. The molecule has 1 aliphatic heterocycles. The van der Waals surface area contributed by atoms with Gasteiger partial charge in [0.15, 0.2) is 23.2 Å². The fourth-order valence-electron chi connectivity index (χ4n) is 3.16. The van der Waals surface area contributed by atoms with Crippen molar-refractivity contribution in [2.45, 2.75) is 6.42 Å². The lowest BCUT2D eigenvalue weighted by molar-refractivity contribution is -0.139. The van der Waals surface area contributed by atoms with Crippen molar-refractivity contribution in [3.05, 3.63) is 71.8 Å². The van der Waals surface area contributed by atoms with E-state index in [4.69, 9.17) is 26.8 Å². The number of hydrogen-bond donors (Lipinski definition) is 2. The molecule has 1 heterocycles. The van der Waals surface area contributed by atoms with Crippen molar-refractivity contribution in [2.24, 2.45) is 0 Å². The summed E-state index contributed by atoms with van der Waals surface area (Å²) in [6, 6.07) is 12.0. The first-order valence-electron chi connectivity index (χ1n) is 9.48. The van der Waals surface area contributed by atoms with Crippen LogP contribution in [-0.2, 0) is 20.8 Å². The molecule has 2 amide bonds. The second kappa shape index (κ2) is 9.88. The van der Waals surface area contributed by atoms with Gasteiger partial charge in [0.1, 0.15) is 5.57 Å². The Morgan fingerprint density at radius 1 is 1.25 bits per heavy atom. The normalized spacial score (nSPS) is 14.8. The number of hydrogen-bond acceptors (Lipinski definition) is 6. The van der Waals surface area contributed by atoms with Gasteiger partial charge in [-0.1, -0.05) is 24.3 Å². The maximum absolute atomic E-state index is 13.1. The molecule has 2 aromatic rings. The van der Waals surface area contributed by atoms with Crippen molar-refractivity contribution < 1.29 is 29.0 Å². The maximum Gasteiger partial charge on any atom is 0.341 e. The third-order valence-electron chi connectivity index (χ3n) is 4.51. The van der Waals surface area contributed by atoms with Crippen LogP contribution in [0, 0.1) is 0 Å². The Labute approximate surface area is 189 Å². The number of para-hydroxylation sites is 1. The molecule has 1 aliphatic rings. The SMILES string of the molecule is C=CCc1cc(C=C2C(=O)NC(=S)N(c3ccccc3)C2=O)cc(OC)c1OCC(=O)O. The topological polar surface area (TPSA) is 105 Å². The Hall–Kier alpha value is -3.98. The molecule has 0 atom stereocenters. The third-order valence-corrected chi connectivity index (χ3v) is 4.79. The van der Waals surface area contributed by atoms with Gasteiger partial charge in [0.05, 0.1) is 12.8 Å². The number of nitrogens with one attached hydrogen (secondary N) is 1. The van der Waals surface area contributed by atoms with Crippen LogP contribution < -0.4 is 19.7 Å². The van der Waals surface area contributed by atoms with Gasteiger partial charge in [0.2, 0.25) is 0 Å². The van der Waals surface area contributed by atoms with E-state index in [1.807, 2.05) is 0 Å². The van der Waals surface area contributed by atoms with Crippen LogP contribution in [0.5, 0.6) is 11.5 Å². The van der Waals surface area contributed by atoms with Crippen molar-refractivity contribution in [3.63, 3.8) is 0 Å². The van der Waals surface area contributed by atoms with Crippen molar-refractivity contribution in [1.29, 1.82) is 0 Å². The summed E-state index contributed by atoms with van der Waals surface area (Å²) >= 11 is 5.19. The maximum atomic E-state index is 13.1. The number of aliphatic carboxylic acids is 1. The highest BCUT2D eigenvalue weighted by Gasteiger charge is 2.34. The molecule has 0 saturated carbocycles. The molecule has 1 fully saturated rings. The smallest absolute Gasteiger partial charge is 0.341 e. The predicted molar refractivity (Wildman–Crippen MR) is 123 cm³/mol. The standard InChI is InChI=1S/C23H20N2O6S/c1-3-7-15-10-14(12-18(30-2)20(15)31-13-19(26)27)11-17-21(28)24-23(32)25(22(17)29)16-8-5-4-6-9-16/h3-6,8-12H,1,7,13H2,2H3,(H,26,27)(H,24,28,32). The molecule has 0 spiro atoms. The number of carboxylic acid groups (broad SMARTS) is 1. The van der Waals surface area contributed by atoms with Gasteiger partial charge in [0.25, 0.3) is 11.8 Å². The largest absolute Gasteiger partial charge is 0.493 e. The number of allylic oxidation sites excluding steroid dienone is 1. The minimum Gasteiger partial charge on any atom is -0.493 e. The summed E-state index contributed by atoms with van der Waals surface area (Å²) in [6.45, 7) is 3.15. The first-order valence-corrected chi connectivity index (χ1v) is 9.89. The fraction of sp³-hybridized carbons (Fsp3) is 0.130. The molecule has 32 heavy (non-hydrogen) atoms. The van der Waals surface area contributed by atoms with E-state index in [1.54, 1.807) is 48.5 Å². The van der Waals surface area contributed by atoms with E-state index in [2.05, 4.69) is 11.9 Å². The molecule has 0 aromatic heterocycles. The molecule has 2 N–H and O–H groups in total. The molecule has 9 heteroatoms. The molecule has 0 unspecified atom stereocenters. The molecule has 164 valence electrons. The van der Waals surface area contributed by atoms with Gasteiger partial charge in [0, 0.05) is 5.56 Å². The van der Waals surface area contributed by atoms with Gasteiger partial charge in [-0.05, 0) is 54.5 Å². The lowest BCUT2D eigenvalue weighted by atomic mass is 10.0. The second-order valence-corrected chi connectivity index (χ2v) is 7.07. The average Bonchev–Trinajstić information content (AvgIpc) is 2.76. The summed E-state index contributed by atoms with van der Waals surface area (Å²) in [5.74, 6) is -1.81. The van der Waals surface area contributed by atoms with Gasteiger partial charge >= 0.3 is 5.97 Å². The van der Waals surface area contributed by atoms with E-state index in [0.29, 0.717) is 23.2 Å². The van der Waals surface area contributed by atoms with Crippen LogP contribution >= 0.6 is 12.2 Å². The Kier molecular flexibility index (Phi) is 7.01. The van der Waals surface area contributed by atoms with E-state index in [1.165, 1.54) is 18.1 Å². The highest BCUT2D eigenvalue weighted by molar-refractivity contribution is 7.80. The second-order valence-electron chi connectivity index (χ2n) is 6.68. The van der Waals surface area contributed by atoms with Crippen molar-refractivity contribution in [2.75, 3.05) is 18.6 Å². The van der Waals surface area contributed by atoms with Crippen LogP contribution in [0.3, 0.4) is 0 Å². The number of benzene rings is 2. The number of methoxy groups -OCH3 is 1. The zero-order valence-corrected chi connectivity index (χ0v) is 18.0. The van der Waals surface area contributed by atoms with Gasteiger partial charge in [-0.25, -0.2) is 4.79 Å². The van der Waals surface area contributed by atoms with E-state index < -0.39 is 24.4 Å². The lowest BCUT2D eigenvalue weighted by Crippen LogP contribution is -2.54. The van der Waals surface area contributed by atoms with E-state index in [-0.39, 0.29) is 22.2 Å². The summed E-state index contributed by atoms with van der Waals surface area (Å²) < 4.78 is 10.7. The first kappa shape index (κ1) is 22.7. The number of rotatable bonds is 8. The highest BCUT2D eigenvalue weighted by atomic mass is 32.1. The third kappa shape index (κ3) is 4.84. The number of carbonyl (C=O) groups is 3. The van der Waals surface area contributed by atoms with Crippen LogP contribution in [0.4, 0.5) is 5.69 Å². The predicted octanol–water partition coefficient (Wildman–Crippen LogP) is 2.72. The van der Waals surface area contributed by atoms with Gasteiger partial charge < -0.3 is 14.6 Å². The van der Waals surface area contributed by atoms with Gasteiger partial charge in [-0.2, -0.15) is 0 Å². The number of carbonyl (C=O) groups excluding carboxylic acids is 2. The van der Waals surface area contributed by atoms with E-state index >= 15 is 0 Å². The number of nitrogens with zero attached hydrogens (tertiary/aromatic N) is 1. The molecule has 0 radical (unpaired) electrons. The molecule has 1 saturated heterocycles. The molecular formula is C23H20N2O6S. The summed E-state index contributed by atoms with van der Waals surface area (Å²) in [7, 11) is 1.41. The zero-order chi connectivity index (χ0) is 23.3. The highest BCUT2D eigenvalue weighted by Crippen LogP contribution is 2.34. The van der Waals surface area contributed by atoms with Crippen LogP contribution in [-0.4, -0.2) is 41.7 Å². The number of ether oxygens (including phenoxy) is 2. The Balaban J connectivity index is 2.05. The molecule has 3 rings (SSSR count). The summed E-state index contributed by atoms with van der Waals surface area (Å²) in [5, 5.41) is 11.5. The van der Waals surface area contributed by atoms with Crippen molar-refractivity contribution in [1.82, 2.24) is 5.32 Å². The first-order chi connectivity index (χ1) is 15.3. The summed E-state index contributed by atoms with van der Waals surface area (Å²) in [4.78, 5) is 37.9. The molecule has 0 aliphatic carbocycles. The zero-order valence-electron chi connectivity index (χ0n) is 17.2. The van der Waals surface area contributed by atoms with Crippen LogP contribution in [0.2, 0.25) is 0 Å². The van der Waals surface area contributed by atoms with Crippen LogP contribution in [0.15, 0.2) is 60.7 Å².